The molecule has 16 heavy (non-hydrogen) atoms. The van der Waals surface area contributed by atoms with Crippen LogP contribution in [0.5, 0.6) is 0 Å². The highest BCUT2D eigenvalue weighted by Gasteiger charge is 2.07. The van der Waals surface area contributed by atoms with E-state index < -0.39 is 0 Å². The zero-order valence-corrected chi connectivity index (χ0v) is 9.57. The second-order valence-electron chi connectivity index (χ2n) is 3.90. The summed E-state index contributed by atoms with van der Waals surface area (Å²) < 4.78 is 0. The first-order valence-corrected chi connectivity index (χ1v) is 5.49. The van der Waals surface area contributed by atoms with Gasteiger partial charge >= 0.3 is 0 Å². The number of anilines is 2. The van der Waals surface area contributed by atoms with Gasteiger partial charge in [-0.3, -0.25) is 0 Å². The SMILES string of the molecule is CCC(C)Nc1nc(N)nc2ccccc12. The molecule has 4 heteroatoms. The molecule has 1 aromatic carbocycles. The Morgan fingerprint density at radius 1 is 1.31 bits per heavy atom. The van der Waals surface area contributed by atoms with Crippen LogP contribution >= 0.6 is 0 Å². The van der Waals surface area contributed by atoms with Crippen LogP contribution in [0.3, 0.4) is 0 Å². The van der Waals surface area contributed by atoms with Crippen molar-refractivity contribution in [1.29, 1.82) is 0 Å². The lowest BCUT2D eigenvalue weighted by molar-refractivity contribution is 0.760. The molecule has 2 aromatic rings. The van der Waals surface area contributed by atoms with Crippen molar-refractivity contribution in [2.45, 2.75) is 26.3 Å². The molecule has 0 aliphatic rings. The van der Waals surface area contributed by atoms with Crippen molar-refractivity contribution in [3.05, 3.63) is 24.3 Å². The van der Waals surface area contributed by atoms with Gasteiger partial charge in [0, 0.05) is 11.4 Å². The van der Waals surface area contributed by atoms with Crippen LogP contribution in [-0.4, -0.2) is 16.0 Å². The minimum Gasteiger partial charge on any atom is -0.368 e. The van der Waals surface area contributed by atoms with E-state index in [1.54, 1.807) is 0 Å². The molecule has 1 heterocycles. The number of nitrogens with two attached hydrogens (primary N) is 1. The molecule has 3 N–H and O–H groups in total. The van der Waals surface area contributed by atoms with Gasteiger partial charge < -0.3 is 11.1 Å². The zero-order valence-electron chi connectivity index (χ0n) is 9.57. The number of benzene rings is 1. The summed E-state index contributed by atoms with van der Waals surface area (Å²) in [6.07, 6.45) is 1.04. The number of fused-ring (bicyclic) bond motifs is 1. The standard InChI is InChI=1S/C12H16N4/c1-3-8(2)14-11-9-6-4-5-7-10(9)15-12(13)16-11/h4-8H,3H2,1-2H3,(H3,13,14,15,16). The molecule has 0 saturated carbocycles. The maximum absolute atomic E-state index is 5.68. The maximum Gasteiger partial charge on any atom is 0.222 e. The van der Waals surface area contributed by atoms with Crippen LogP contribution in [0.25, 0.3) is 10.9 Å². The van der Waals surface area contributed by atoms with Gasteiger partial charge in [0.15, 0.2) is 0 Å². The van der Waals surface area contributed by atoms with Crippen LogP contribution in [0.1, 0.15) is 20.3 Å². The molecule has 2 rings (SSSR count). The van der Waals surface area contributed by atoms with Crippen LogP contribution < -0.4 is 11.1 Å². The van der Waals surface area contributed by atoms with Crippen molar-refractivity contribution in [3.8, 4) is 0 Å². The number of nitrogen functional groups attached to an aromatic ring is 1. The Balaban J connectivity index is 2.50. The molecule has 0 saturated heterocycles. The van der Waals surface area contributed by atoms with Gasteiger partial charge in [0.2, 0.25) is 5.95 Å². The Kier molecular flexibility index (Phi) is 2.90. The second kappa shape index (κ2) is 4.35. The first kappa shape index (κ1) is 10.7. The molecule has 0 aliphatic heterocycles. The van der Waals surface area contributed by atoms with Gasteiger partial charge in [-0.05, 0) is 25.5 Å². The Bertz CT molecular complexity index is 495. The molecule has 4 nitrogen and oxygen atoms in total. The Labute approximate surface area is 94.9 Å². The normalized spacial score (nSPS) is 12.6. The lowest BCUT2D eigenvalue weighted by Gasteiger charge is -2.14. The van der Waals surface area contributed by atoms with E-state index in [9.17, 15) is 0 Å². The molecule has 0 fully saturated rings. The highest BCUT2D eigenvalue weighted by Crippen LogP contribution is 2.21. The van der Waals surface area contributed by atoms with Crippen molar-refractivity contribution in [3.63, 3.8) is 0 Å². The van der Waals surface area contributed by atoms with Gasteiger partial charge in [0.05, 0.1) is 5.52 Å². The van der Waals surface area contributed by atoms with Crippen LogP contribution in [0.15, 0.2) is 24.3 Å². The molecule has 0 amide bonds. The first-order chi connectivity index (χ1) is 7.70. The fourth-order valence-electron chi connectivity index (χ4n) is 1.54. The number of aromatic nitrogens is 2. The molecule has 0 aliphatic carbocycles. The van der Waals surface area contributed by atoms with Gasteiger partial charge in [-0.15, -0.1) is 0 Å². The highest BCUT2D eigenvalue weighted by atomic mass is 15.1. The summed E-state index contributed by atoms with van der Waals surface area (Å²) in [5.41, 5.74) is 6.56. The van der Waals surface area contributed by atoms with Crippen molar-refractivity contribution >= 4 is 22.7 Å². The van der Waals surface area contributed by atoms with Crippen molar-refractivity contribution in [2.75, 3.05) is 11.1 Å². The first-order valence-electron chi connectivity index (χ1n) is 5.49. The minimum atomic E-state index is 0.310. The predicted molar refractivity (Wildman–Crippen MR) is 67.3 cm³/mol. The monoisotopic (exact) mass is 216 g/mol. The molecule has 84 valence electrons. The van der Waals surface area contributed by atoms with Crippen molar-refractivity contribution < 1.29 is 0 Å². The van der Waals surface area contributed by atoms with Crippen LogP contribution in [-0.2, 0) is 0 Å². The van der Waals surface area contributed by atoms with E-state index in [-0.39, 0.29) is 0 Å². The molecular weight excluding hydrogens is 200 g/mol. The van der Waals surface area contributed by atoms with Crippen molar-refractivity contribution in [2.24, 2.45) is 0 Å². The van der Waals surface area contributed by atoms with Crippen LogP contribution in [0.2, 0.25) is 0 Å². The smallest absolute Gasteiger partial charge is 0.222 e. The van der Waals surface area contributed by atoms with Crippen LogP contribution in [0, 0.1) is 0 Å². The van der Waals surface area contributed by atoms with Gasteiger partial charge in [0.25, 0.3) is 0 Å². The van der Waals surface area contributed by atoms with E-state index in [0.717, 1.165) is 23.1 Å². The second-order valence-corrected chi connectivity index (χ2v) is 3.90. The summed E-state index contributed by atoms with van der Waals surface area (Å²) in [5, 5.41) is 4.36. The van der Waals surface area contributed by atoms with Crippen LogP contribution in [0.4, 0.5) is 11.8 Å². The van der Waals surface area contributed by atoms with Gasteiger partial charge in [-0.25, -0.2) is 4.98 Å². The zero-order chi connectivity index (χ0) is 11.5. The predicted octanol–water partition coefficient (Wildman–Crippen LogP) is 2.42. The average Bonchev–Trinajstić information content (AvgIpc) is 2.28. The average molecular weight is 216 g/mol. The third kappa shape index (κ3) is 2.05. The number of rotatable bonds is 3. The summed E-state index contributed by atoms with van der Waals surface area (Å²) in [7, 11) is 0. The molecular formula is C12H16N4. The van der Waals surface area contributed by atoms with E-state index >= 15 is 0 Å². The van der Waals surface area contributed by atoms with Gasteiger partial charge in [-0.1, -0.05) is 19.1 Å². The summed E-state index contributed by atoms with van der Waals surface area (Å²) in [5.74, 6) is 1.13. The summed E-state index contributed by atoms with van der Waals surface area (Å²) in [6.45, 7) is 4.25. The lowest BCUT2D eigenvalue weighted by Crippen LogP contribution is -2.15. The third-order valence-electron chi connectivity index (χ3n) is 2.62. The number of nitrogens with zero attached hydrogens (tertiary/aromatic N) is 2. The Hall–Kier alpha value is -1.84. The van der Waals surface area contributed by atoms with Gasteiger partial charge in [0.1, 0.15) is 5.82 Å². The number of nitrogens with one attached hydrogen (secondary N) is 1. The quantitative estimate of drug-likeness (QED) is 0.827. The molecule has 0 spiro atoms. The van der Waals surface area contributed by atoms with Gasteiger partial charge in [-0.2, -0.15) is 4.98 Å². The Morgan fingerprint density at radius 2 is 2.06 bits per heavy atom. The number of hydrogen-bond acceptors (Lipinski definition) is 4. The maximum atomic E-state index is 5.68. The Morgan fingerprint density at radius 3 is 2.81 bits per heavy atom. The number of hydrogen-bond donors (Lipinski definition) is 2. The topological polar surface area (TPSA) is 63.8 Å². The summed E-state index contributed by atoms with van der Waals surface area (Å²) in [4.78, 5) is 8.44. The van der Waals surface area contributed by atoms with E-state index in [2.05, 4.69) is 29.1 Å². The fraction of sp³-hybridized carbons (Fsp3) is 0.333. The molecule has 1 unspecified atom stereocenters. The highest BCUT2D eigenvalue weighted by molar-refractivity contribution is 5.89. The van der Waals surface area contributed by atoms with E-state index in [1.165, 1.54) is 0 Å². The third-order valence-corrected chi connectivity index (χ3v) is 2.62. The molecule has 0 radical (unpaired) electrons. The van der Waals surface area contributed by atoms with Crippen molar-refractivity contribution in [1.82, 2.24) is 9.97 Å². The van der Waals surface area contributed by atoms with E-state index in [1.807, 2.05) is 24.3 Å². The minimum absolute atomic E-state index is 0.310. The fourth-order valence-corrected chi connectivity index (χ4v) is 1.54. The molecule has 1 aromatic heterocycles. The summed E-state index contributed by atoms with van der Waals surface area (Å²) in [6, 6.07) is 8.23. The lowest BCUT2D eigenvalue weighted by atomic mass is 10.2. The number of para-hydroxylation sites is 1. The summed E-state index contributed by atoms with van der Waals surface area (Å²) >= 11 is 0. The molecule has 0 bridgehead atoms. The largest absolute Gasteiger partial charge is 0.368 e. The molecule has 1 atom stereocenters. The van der Waals surface area contributed by atoms with E-state index in [0.29, 0.717) is 12.0 Å². The van der Waals surface area contributed by atoms with E-state index in [4.69, 9.17) is 5.73 Å².